The topological polar surface area (TPSA) is 91.5 Å². The highest BCUT2D eigenvalue weighted by Gasteiger charge is 2.14. The van der Waals surface area contributed by atoms with Crippen molar-refractivity contribution in [2.75, 3.05) is 24.3 Å². The number of aryl methyl sites for hydroxylation is 2. The first kappa shape index (κ1) is 17.0. The zero-order valence-corrected chi connectivity index (χ0v) is 15.2. The van der Waals surface area contributed by atoms with Crippen LogP contribution in [-0.2, 0) is 0 Å². The molecule has 1 aromatic heterocycles. The van der Waals surface area contributed by atoms with Crippen LogP contribution in [0.4, 0.5) is 17.2 Å². The van der Waals surface area contributed by atoms with Crippen molar-refractivity contribution in [1.82, 2.24) is 9.97 Å². The lowest BCUT2D eigenvalue weighted by Crippen LogP contribution is -2.15. The third kappa shape index (κ3) is 3.72. The summed E-state index contributed by atoms with van der Waals surface area (Å²) >= 11 is 0. The molecule has 27 heavy (non-hydrogen) atoms. The van der Waals surface area contributed by atoms with Gasteiger partial charge in [0.15, 0.2) is 17.3 Å². The standard InChI is InChI=1S/C20H20N4O3/c1-12-7-13(2)9-15(8-12)27-20-18(21)19(22-11-23-20)24-14-3-4-16-17(10-14)26-6-5-25-16/h3-4,7-11H,5-6,21H2,1-2H3,(H,22,23,24). The quantitative estimate of drug-likeness (QED) is 0.723. The van der Waals surface area contributed by atoms with E-state index in [1.54, 1.807) is 0 Å². The minimum Gasteiger partial charge on any atom is -0.486 e. The van der Waals surface area contributed by atoms with Crippen molar-refractivity contribution >= 4 is 17.2 Å². The average molecular weight is 364 g/mol. The molecule has 2 heterocycles. The maximum absolute atomic E-state index is 6.22. The second-order valence-corrected chi connectivity index (χ2v) is 6.35. The van der Waals surface area contributed by atoms with Crippen LogP contribution in [0.1, 0.15) is 11.1 Å². The number of rotatable bonds is 4. The number of ether oxygens (including phenoxy) is 3. The first-order chi connectivity index (χ1) is 13.1. The number of nitrogens with one attached hydrogen (secondary N) is 1. The van der Waals surface area contributed by atoms with E-state index in [1.165, 1.54) is 6.33 Å². The van der Waals surface area contributed by atoms with Gasteiger partial charge in [-0.05, 0) is 49.2 Å². The molecule has 0 spiro atoms. The summed E-state index contributed by atoms with van der Waals surface area (Å²) in [6.07, 6.45) is 1.41. The molecule has 2 aromatic carbocycles. The summed E-state index contributed by atoms with van der Waals surface area (Å²) in [7, 11) is 0. The van der Waals surface area contributed by atoms with E-state index in [9.17, 15) is 0 Å². The Morgan fingerprint density at radius 1 is 0.963 bits per heavy atom. The van der Waals surface area contributed by atoms with Gasteiger partial charge >= 0.3 is 0 Å². The van der Waals surface area contributed by atoms with Crippen LogP contribution in [0.15, 0.2) is 42.7 Å². The Hall–Kier alpha value is -3.48. The molecular weight excluding hydrogens is 344 g/mol. The van der Waals surface area contributed by atoms with Crippen molar-refractivity contribution in [3.8, 4) is 23.1 Å². The van der Waals surface area contributed by atoms with Crippen LogP contribution in [0.2, 0.25) is 0 Å². The van der Waals surface area contributed by atoms with E-state index < -0.39 is 0 Å². The molecule has 0 amide bonds. The molecular formula is C20H20N4O3. The highest BCUT2D eigenvalue weighted by atomic mass is 16.6. The number of aromatic nitrogens is 2. The zero-order chi connectivity index (χ0) is 18.8. The predicted molar refractivity (Wildman–Crippen MR) is 103 cm³/mol. The molecule has 0 fully saturated rings. The number of anilines is 3. The van der Waals surface area contributed by atoms with Crippen LogP contribution in [0, 0.1) is 13.8 Å². The van der Waals surface area contributed by atoms with E-state index in [1.807, 2.05) is 44.2 Å². The monoisotopic (exact) mass is 364 g/mol. The van der Waals surface area contributed by atoms with Gasteiger partial charge in [-0.15, -0.1) is 0 Å². The molecule has 0 atom stereocenters. The lowest BCUT2D eigenvalue weighted by Gasteiger charge is -2.19. The highest BCUT2D eigenvalue weighted by Crippen LogP contribution is 2.36. The molecule has 3 N–H and O–H groups in total. The van der Waals surface area contributed by atoms with E-state index in [0.717, 1.165) is 22.6 Å². The number of hydrogen-bond donors (Lipinski definition) is 2. The number of fused-ring (bicyclic) bond motifs is 1. The molecule has 138 valence electrons. The molecule has 1 aliphatic rings. The van der Waals surface area contributed by atoms with Gasteiger partial charge < -0.3 is 25.3 Å². The fraction of sp³-hybridized carbons (Fsp3) is 0.200. The van der Waals surface area contributed by atoms with Crippen molar-refractivity contribution in [2.24, 2.45) is 0 Å². The summed E-state index contributed by atoms with van der Waals surface area (Å²) < 4.78 is 17.0. The van der Waals surface area contributed by atoms with Crippen molar-refractivity contribution in [3.05, 3.63) is 53.9 Å². The lowest BCUT2D eigenvalue weighted by molar-refractivity contribution is 0.171. The van der Waals surface area contributed by atoms with Gasteiger partial charge in [-0.2, -0.15) is 4.98 Å². The van der Waals surface area contributed by atoms with E-state index in [4.69, 9.17) is 19.9 Å². The van der Waals surface area contributed by atoms with E-state index in [-0.39, 0.29) is 0 Å². The van der Waals surface area contributed by atoms with Crippen LogP contribution >= 0.6 is 0 Å². The van der Waals surface area contributed by atoms with Crippen molar-refractivity contribution in [1.29, 1.82) is 0 Å². The smallest absolute Gasteiger partial charge is 0.248 e. The Bertz CT molecular complexity index is 971. The van der Waals surface area contributed by atoms with Gasteiger partial charge in [-0.3, -0.25) is 0 Å². The Morgan fingerprint density at radius 2 is 1.70 bits per heavy atom. The predicted octanol–water partition coefficient (Wildman–Crippen LogP) is 3.98. The average Bonchev–Trinajstić information content (AvgIpc) is 2.64. The maximum atomic E-state index is 6.22. The van der Waals surface area contributed by atoms with E-state index in [2.05, 4.69) is 21.4 Å². The zero-order valence-electron chi connectivity index (χ0n) is 15.2. The summed E-state index contributed by atoms with van der Waals surface area (Å²) in [6, 6.07) is 11.5. The van der Waals surface area contributed by atoms with Crippen LogP contribution < -0.4 is 25.3 Å². The molecule has 1 aliphatic heterocycles. The number of nitrogens with two attached hydrogens (primary N) is 1. The second-order valence-electron chi connectivity index (χ2n) is 6.35. The molecule has 7 heteroatoms. The summed E-state index contributed by atoms with van der Waals surface area (Å²) in [6.45, 7) is 5.11. The number of benzene rings is 2. The van der Waals surface area contributed by atoms with Crippen LogP contribution in [0.5, 0.6) is 23.1 Å². The largest absolute Gasteiger partial charge is 0.486 e. The second kappa shape index (κ2) is 7.03. The molecule has 0 saturated heterocycles. The third-order valence-corrected chi connectivity index (χ3v) is 4.06. The fourth-order valence-electron chi connectivity index (χ4n) is 2.92. The molecule has 0 aliphatic carbocycles. The minimum absolute atomic E-state index is 0.301. The van der Waals surface area contributed by atoms with Gasteiger partial charge in [0.05, 0.1) is 0 Å². The van der Waals surface area contributed by atoms with Crippen LogP contribution in [-0.4, -0.2) is 23.2 Å². The van der Waals surface area contributed by atoms with Gasteiger partial charge in [-0.1, -0.05) is 6.07 Å². The van der Waals surface area contributed by atoms with Gasteiger partial charge in [0.1, 0.15) is 31.0 Å². The molecule has 0 unspecified atom stereocenters. The SMILES string of the molecule is Cc1cc(C)cc(Oc2ncnc(Nc3ccc4c(c3)OCCO4)c2N)c1. The fourth-order valence-corrected chi connectivity index (χ4v) is 2.92. The molecule has 3 aromatic rings. The molecule has 7 nitrogen and oxygen atoms in total. The van der Waals surface area contributed by atoms with Gasteiger partial charge in [0.25, 0.3) is 0 Å². The highest BCUT2D eigenvalue weighted by molar-refractivity contribution is 5.73. The van der Waals surface area contributed by atoms with E-state index >= 15 is 0 Å². The lowest BCUT2D eigenvalue weighted by atomic mass is 10.1. The summed E-state index contributed by atoms with van der Waals surface area (Å²) in [5.74, 6) is 2.85. The molecule has 4 rings (SSSR count). The number of nitrogens with zero attached hydrogens (tertiary/aromatic N) is 2. The Kier molecular flexibility index (Phi) is 4.42. The Balaban J connectivity index is 1.58. The van der Waals surface area contributed by atoms with Crippen LogP contribution in [0.25, 0.3) is 0 Å². The van der Waals surface area contributed by atoms with E-state index in [0.29, 0.717) is 42.1 Å². The van der Waals surface area contributed by atoms with Crippen molar-refractivity contribution < 1.29 is 14.2 Å². The first-order valence-corrected chi connectivity index (χ1v) is 8.62. The summed E-state index contributed by atoms with van der Waals surface area (Å²) in [5.41, 5.74) is 9.54. The van der Waals surface area contributed by atoms with Crippen LogP contribution in [0.3, 0.4) is 0 Å². The minimum atomic E-state index is 0.301. The molecule has 0 saturated carbocycles. The summed E-state index contributed by atoms with van der Waals surface area (Å²) in [4.78, 5) is 8.39. The Labute approximate surface area is 157 Å². The number of nitrogen functional groups attached to an aromatic ring is 1. The third-order valence-electron chi connectivity index (χ3n) is 4.06. The molecule has 0 bridgehead atoms. The van der Waals surface area contributed by atoms with Crippen molar-refractivity contribution in [3.63, 3.8) is 0 Å². The summed E-state index contributed by atoms with van der Waals surface area (Å²) in [5, 5.41) is 3.18. The van der Waals surface area contributed by atoms with Crippen molar-refractivity contribution in [2.45, 2.75) is 13.8 Å². The van der Waals surface area contributed by atoms with Gasteiger partial charge in [0.2, 0.25) is 5.88 Å². The van der Waals surface area contributed by atoms with Gasteiger partial charge in [-0.25, -0.2) is 4.98 Å². The maximum Gasteiger partial charge on any atom is 0.248 e. The molecule has 0 radical (unpaired) electrons. The van der Waals surface area contributed by atoms with Gasteiger partial charge in [0, 0.05) is 11.8 Å². The Morgan fingerprint density at radius 3 is 2.48 bits per heavy atom. The normalized spacial score (nSPS) is 12.5. The number of hydrogen-bond acceptors (Lipinski definition) is 7. The first-order valence-electron chi connectivity index (χ1n) is 8.62.